The van der Waals surface area contributed by atoms with Gasteiger partial charge in [0.05, 0.1) is 0 Å². The van der Waals surface area contributed by atoms with Gasteiger partial charge in [0.15, 0.2) is 10.9 Å². The SMILES string of the molecule is Cc1[nH]nc(NC(=O)c2csc(N)n2)c1C(=O)O. The highest BCUT2D eigenvalue weighted by molar-refractivity contribution is 7.13. The molecule has 94 valence electrons. The number of carbonyl (C=O) groups excluding carboxylic acids is 1. The van der Waals surface area contributed by atoms with E-state index in [-0.39, 0.29) is 22.2 Å². The third-order valence-electron chi connectivity index (χ3n) is 2.15. The number of thiazole rings is 1. The summed E-state index contributed by atoms with van der Waals surface area (Å²) in [5, 5.41) is 19.3. The molecular formula is C9H9N5O3S. The zero-order valence-electron chi connectivity index (χ0n) is 9.22. The van der Waals surface area contributed by atoms with Crippen LogP contribution in [0.2, 0.25) is 0 Å². The number of aryl methyl sites for hydroxylation is 1. The number of aromatic carboxylic acids is 1. The van der Waals surface area contributed by atoms with Crippen molar-refractivity contribution in [1.82, 2.24) is 15.2 Å². The van der Waals surface area contributed by atoms with Gasteiger partial charge in [-0.15, -0.1) is 11.3 Å². The smallest absolute Gasteiger partial charge is 0.341 e. The molecule has 0 saturated carbocycles. The molecule has 0 radical (unpaired) electrons. The highest BCUT2D eigenvalue weighted by atomic mass is 32.1. The van der Waals surface area contributed by atoms with Crippen molar-refractivity contribution in [2.24, 2.45) is 0 Å². The normalized spacial score (nSPS) is 10.3. The number of amides is 1. The number of hydrogen-bond donors (Lipinski definition) is 4. The van der Waals surface area contributed by atoms with E-state index in [0.717, 1.165) is 11.3 Å². The van der Waals surface area contributed by atoms with Crippen LogP contribution in [0.15, 0.2) is 5.38 Å². The Hall–Kier alpha value is -2.42. The van der Waals surface area contributed by atoms with Crippen LogP contribution in [-0.4, -0.2) is 32.2 Å². The molecular weight excluding hydrogens is 258 g/mol. The summed E-state index contributed by atoms with van der Waals surface area (Å²) >= 11 is 1.12. The Kier molecular flexibility index (Phi) is 2.98. The Morgan fingerprint density at radius 3 is 2.83 bits per heavy atom. The number of anilines is 2. The molecule has 18 heavy (non-hydrogen) atoms. The molecule has 0 bridgehead atoms. The van der Waals surface area contributed by atoms with Crippen molar-refractivity contribution in [3.8, 4) is 0 Å². The number of nitrogens with zero attached hydrogens (tertiary/aromatic N) is 2. The molecule has 8 nitrogen and oxygen atoms in total. The van der Waals surface area contributed by atoms with Gasteiger partial charge in [0.1, 0.15) is 11.3 Å². The van der Waals surface area contributed by atoms with Crippen molar-refractivity contribution in [3.63, 3.8) is 0 Å². The van der Waals surface area contributed by atoms with Crippen molar-refractivity contribution in [2.75, 3.05) is 11.1 Å². The minimum Gasteiger partial charge on any atom is -0.477 e. The lowest BCUT2D eigenvalue weighted by molar-refractivity contribution is 0.0697. The molecule has 2 heterocycles. The lowest BCUT2D eigenvalue weighted by atomic mass is 10.2. The molecule has 5 N–H and O–H groups in total. The Morgan fingerprint density at radius 2 is 2.28 bits per heavy atom. The molecule has 0 unspecified atom stereocenters. The maximum absolute atomic E-state index is 11.7. The topological polar surface area (TPSA) is 134 Å². The number of nitrogen functional groups attached to an aromatic ring is 1. The van der Waals surface area contributed by atoms with Crippen molar-refractivity contribution in [1.29, 1.82) is 0 Å². The molecule has 0 aliphatic rings. The van der Waals surface area contributed by atoms with E-state index >= 15 is 0 Å². The summed E-state index contributed by atoms with van der Waals surface area (Å²) in [7, 11) is 0. The van der Waals surface area contributed by atoms with E-state index in [2.05, 4.69) is 20.5 Å². The number of hydrogen-bond acceptors (Lipinski definition) is 6. The summed E-state index contributed by atoms with van der Waals surface area (Å²) in [4.78, 5) is 26.5. The maximum Gasteiger partial charge on any atom is 0.341 e. The number of aromatic nitrogens is 3. The number of carbonyl (C=O) groups is 2. The molecule has 2 aromatic heterocycles. The lowest BCUT2D eigenvalue weighted by Gasteiger charge is -2.00. The zero-order valence-corrected chi connectivity index (χ0v) is 10.0. The van der Waals surface area contributed by atoms with E-state index < -0.39 is 11.9 Å². The van der Waals surface area contributed by atoms with Gasteiger partial charge in [0.25, 0.3) is 5.91 Å². The number of H-pyrrole nitrogens is 1. The second-order valence-corrected chi connectivity index (χ2v) is 4.29. The van der Waals surface area contributed by atoms with Crippen LogP contribution < -0.4 is 11.1 Å². The number of aromatic amines is 1. The van der Waals surface area contributed by atoms with E-state index in [1.165, 1.54) is 5.38 Å². The van der Waals surface area contributed by atoms with Gasteiger partial charge in [-0.3, -0.25) is 9.89 Å². The minimum absolute atomic E-state index is 0.0448. The zero-order chi connectivity index (χ0) is 13.3. The summed E-state index contributed by atoms with van der Waals surface area (Å²) in [6, 6.07) is 0. The van der Waals surface area contributed by atoms with Crippen LogP contribution in [-0.2, 0) is 0 Å². The first kappa shape index (κ1) is 12.0. The van der Waals surface area contributed by atoms with Crippen LogP contribution in [0.1, 0.15) is 26.5 Å². The molecule has 0 aliphatic heterocycles. The van der Waals surface area contributed by atoms with Gasteiger partial charge in [-0.1, -0.05) is 0 Å². The monoisotopic (exact) mass is 267 g/mol. The van der Waals surface area contributed by atoms with Gasteiger partial charge in [0, 0.05) is 11.1 Å². The molecule has 0 fully saturated rings. The third kappa shape index (κ3) is 2.15. The second kappa shape index (κ2) is 4.45. The van der Waals surface area contributed by atoms with Crippen LogP contribution in [0.4, 0.5) is 10.9 Å². The van der Waals surface area contributed by atoms with Crippen LogP contribution in [0.3, 0.4) is 0 Å². The van der Waals surface area contributed by atoms with Gasteiger partial charge in [-0.2, -0.15) is 5.10 Å². The average molecular weight is 267 g/mol. The van der Waals surface area contributed by atoms with E-state index in [4.69, 9.17) is 10.8 Å². The first-order valence-corrected chi connectivity index (χ1v) is 5.67. The molecule has 0 aromatic carbocycles. The fraction of sp³-hybridized carbons (Fsp3) is 0.111. The standard InChI is InChI=1S/C9H9N5O3S/c1-3-5(8(16)17)6(14-13-3)12-7(15)4-2-18-9(10)11-4/h2H,1H3,(H2,10,11)(H,16,17)(H2,12,13,14,15). The summed E-state index contributed by atoms with van der Waals surface area (Å²) in [5.74, 6) is -1.78. The second-order valence-electron chi connectivity index (χ2n) is 3.40. The van der Waals surface area contributed by atoms with E-state index in [1.54, 1.807) is 6.92 Å². The Morgan fingerprint density at radius 1 is 1.56 bits per heavy atom. The number of nitrogens with two attached hydrogens (primary N) is 1. The quantitative estimate of drug-likeness (QED) is 0.647. The average Bonchev–Trinajstić information content (AvgIpc) is 2.85. The summed E-state index contributed by atoms with van der Waals surface area (Å²) in [6.07, 6.45) is 0. The lowest BCUT2D eigenvalue weighted by Crippen LogP contribution is -2.15. The van der Waals surface area contributed by atoms with Gasteiger partial charge in [-0.05, 0) is 6.92 Å². The van der Waals surface area contributed by atoms with Crippen LogP contribution in [0, 0.1) is 6.92 Å². The molecule has 0 atom stereocenters. The number of carboxylic acids is 1. The predicted molar refractivity (Wildman–Crippen MR) is 64.8 cm³/mol. The number of carboxylic acid groups (broad SMARTS) is 1. The van der Waals surface area contributed by atoms with Gasteiger partial charge < -0.3 is 16.2 Å². The Labute approximate surface area is 105 Å². The summed E-state index contributed by atoms with van der Waals surface area (Å²) in [6.45, 7) is 1.55. The molecule has 2 aromatic rings. The summed E-state index contributed by atoms with van der Waals surface area (Å²) < 4.78 is 0. The molecule has 2 rings (SSSR count). The molecule has 0 saturated heterocycles. The van der Waals surface area contributed by atoms with Crippen LogP contribution >= 0.6 is 11.3 Å². The van der Waals surface area contributed by atoms with Crippen molar-refractivity contribution >= 4 is 34.2 Å². The predicted octanol–water partition coefficient (Wildman–Crippen LogP) is 0.707. The van der Waals surface area contributed by atoms with Crippen molar-refractivity contribution in [2.45, 2.75) is 6.92 Å². The van der Waals surface area contributed by atoms with E-state index in [9.17, 15) is 9.59 Å². The summed E-state index contributed by atoms with van der Waals surface area (Å²) in [5.41, 5.74) is 5.80. The fourth-order valence-electron chi connectivity index (χ4n) is 1.34. The molecule has 0 aliphatic carbocycles. The van der Waals surface area contributed by atoms with Crippen LogP contribution in [0.5, 0.6) is 0 Å². The first-order chi connectivity index (χ1) is 8.49. The molecule has 1 amide bonds. The van der Waals surface area contributed by atoms with Crippen molar-refractivity contribution < 1.29 is 14.7 Å². The minimum atomic E-state index is -1.17. The largest absolute Gasteiger partial charge is 0.477 e. The Balaban J connectivity index is 2.25. The fourth-order valence-corrected chi connectivity index (χ4v) is 1.89. The van der Waals surface area contributed by atoms with Gasteiger partial charge >= 0.3 is 5.97 Å². The van der Waals surface area contributed by atoms with Gasteiger partial charge in [0.2, 0.25) is 0 Å². The molecule has 9 heteroatoms. The number of nitrogens with one attached hydrogen (secondary N) is 2. The third-order valence-corrected chi connectivity index (χ3v) is 2.82. The number of rotatable bonds is 3. The van der Waals surface area contributed by atoms with Crippen LogP contribution in [0.25, 0.3) is 0 Å². The highest BCUT2D eigenvalue weighted by Gasteiger charge is 2.20. The highest BCUT2D eigenvalue weighted by Crippen LogP contribution is 2.18. The van der Waals surface area contributed by atoms with Gasteiger partial charge in [-0.25, -0.2) is 9.78 Å². The maximum atomic E-state index is 11.7. The first-order valence-electron chi connectivity index (χ1n) is 4.79. The Bertz CT molecular complexity index is 618. The molecule has 0 spiro atoms. The van der Waals surface area contributed by atoms with E-state index in [1.807, 2.05) is 0 Å². The van der Waals surface area contributed by atoms with E-state index in [0.29, 0.717) is 5.69 Å². The van der Waals surface area contributed by atoms with Crippen molar-refractivity contribution in [3.05, 3.63) is 22.3 Å².